The monoisotopic (exact) mass is 246 g/mol. The molecule has 0 aliphatic heterocycles. The van der Waals surface area contributed by atoms with Gasteiger partial charge in [0, 0.05) is 13.6 Å². The van der Waals surface area contributed by atoms with E-state index in [2.05, 4.69) is 5.32 Å². The Kier molecular flexibility index (Phi) is 6.57. The lowest BCUT2D eigenvalue weighted by molar-refractivity contribution is -0.140. The van der Waals surface area contributed by atoms with Crippen LogP contribution in [-0.4, -0.2) is 52.9 Å². The third-order valence-electron chi connectivity index (χ3n) is 2.44. The molecule has 0 aliphatic carbocycles. The number of carbonyl (C=O) groups is 2. The zero-order valence-corrected chi connectivity index (χ0v) is 10.8. The molecule has 6 heteroatoms. The van der Waals surface area contributed by atoms with Crippen LogP contribution in [-0.2, 0) is 4.79 Å². The molecule has 0 bridgehead atoms. The highest BCUT2D eigenvalue weighted by Gasteiger charge is 2.24. The number of nitrogens with one attached hydrogen (secondary N) is 1. The number of nitrogens with zero attached hydrogens (tertiary/aromatic N) is 1. The lowest BCUT2D eigenvalue weighted by atomic mass is 10.1. The summed E-state index contributed by atoms with van der Waals surface area (Å²) in [6.45, 7) is 5.48. The molecule has 2 atom stereocenters. The highest BCUT2D eigenvalue weighted by Crippen LogP contribution is 2.03. The molecule has 0 saturated carbocycles. The van der Waals surface area contributed by atoms with E-state index in [1.54, 1.807) is 27.8 Å². The standard InChI is InChI=1S/C11H22N2O4/c1-7(2)9(10(15)16)12-11(17)13(4)6-5-8(3)14/h7-9,14H,5-6H2,1-4H3,(H,12,17)(H,15,16)/t8?,9-/m1/s1. The molecule has 0 aromatic heterocycles. The number of rotatable bonds is 6. The highest BCUT2D eigenvalue weighted by molar-refractivity contribution is 5.82. The SMILES string of the molecule is CC(O)CCN(C)C(=O)N[C@@H](C(=O)O)C(C)C. The number of carboxylic acids is 1. The summed E-state index contributed by atoms with van der Waals surface area (Å²) in [6, 6.07) is -1.33. The van der Waals surface area contributed by atoms with Gasteiger partial charge in [0.15, 0.2) is 0 Å². The summed E-state index contributed by atoms with van der Waals surface area (Å²) in [7, 11) is 1.57. The van der Waals surface area contributed by atoms with E-state index in [1.807, 2.05) is 0 Å². The molecule has 6 nitrogen and oxygen atoms in total. The fraction of sp³-hybridized carbons (Fsp3) is 0.818. The molecule has 0 rings (SSSR count). The zero-order chi connectivity index (χ0) is 13.6. The number of carboxylic acid groups (broad SMARTS) is 1. The van der Waals surface area contributed by atoms with Crippen molar-refractivity contribution < 1.29 is 19.8 Å². The Balaban J connectivity index is 4.26. The summed E-state index contributed by atoms with van der Waals surface area (Å²) in [5, 5.41) is 20.5. The van der Waals surface area contributed by atoms with Crippen molar-refractivity contribution in [2.24, 2.45) is 5.92 Å². The molecule has 0 aliphatic rings. The average molecular weight is 246 g/mol. The second kappa shape index (κ2) is 7.11. The van der Waals surface area contributed by atoms with Gasteiger partial charge in [-0.2, -0.15) is 0 Å². The van der Waals surface area contributed by atoms with Gasteiger partial charge in [-0.15, -0.1) is 0 Å². The van der Waals surface area contributed by atoms with E-state index in [1.165, 1.54) is 4.90 Å². The Labute approximate surface area is 102 Å². The number of amides is 2. The number of carbonyl (C=O) groups excluding carboxylic acids is 1. The lowest BCUT2D eigenvalue weighted by Gasteiger charge is -2.23. The first kappa shape index (κ1) is 15.7. The van der Waals surface area contributed by atoms with Gasteiger partial charge < -0.3 is 20.4 Å². The predicted molar refractivity (Wildman–Crippen MR) is 63.7 cm³/mol. The van der Waals surface area contributed by atoms with E-state index in [9.17, 15) is 9.59 Å². The van der Waals surface area contributed by atoms with Gasteiger partial charge in [-0.3, -0.25) is 0 Å². The molecule has 2 amide bonds. The van der Waals surface area contributed by atoms with Crippen molar-refractivity contribution in [1.29, 1.82) is 0 Å². The van der Waals surface area contributed by atoms with Crippen LogP contribution in [0.1, 0.15) is 27.2 Å². The minimum Gasteiger partial charge on any atom is -0.480 e. The number of aliphatic hydroxyl groups is 1. The molecule has 0 radical (unpaired) electrons. The van der Waals surface area contributed by atoms with E-state index in [-0.39, 0.29) is 5.92 Å². The van der Waals surface area contributed by atoms with Crippen LogP contribution in [0.3, 0.4) is 0 Å². The Morgan fingerprint density at radius 3 is 2.18 bits per heavy atom. The first-order valence-electron chi connectivity index (χ1n) is 5.68. The van der Waals surface area contributed by atoms with Crippen LogP contribution < -0.4 is 5.32 Å². The second-order valence-corrected chi connectivity index (χ2v) is 4.57. The third-order valence-corrected chi connectivity index (χ3v) is 2.44. The molecular formula is C11H22N2O4. The van der Waals surface area contributed by atoms with Crippen LogP contribution in [0, 0.1) is 5.92 Å². The summed E-state index contributed by atoms with van der Waals surface area (Å²) < 4.78 is 0. The Hall–Kier alpha value is -1.30. The maximum atomic E-state index is 11.6. The van der Waals surface area contributed by atoms with E-state index < -0.39 is 24.1 Å². The molecule has 1 unspecified atom stereocenters. The Morgan fingerprint density at radius 1 is 1.29 bits per heavy atom. The first-order chi connectivity index (χ1) is 7.75. The van der Waals surface area contributed by atoms with Gasteiger partial charge in [0.05, 0.1) is 6.10 Å². The summed E-state index contributed by atoms with van der Waals surface area (Å²) in [6.07, 6.45) is -0.0193. The number of hydrogen-bond acceptors (Lipinski definition) is 3. The largest absolute Gasteiger partial charge is 0.480 e. The predicted octanol–water partition coefficient (Wildman–Crippen LogP) is 0.508. The molecule has 17 heavy (non-hydrogen) atoms. The minimum absolute atomic E-state index is 0.179. The van der Waals surface area contributed by atoms with Crippen LogP contribution in [0.25, 0.3) is 0 Å². The van der Waals surface area contributed by atoms with Gasteiger partial charge in [-0.1, -0.05) is 13.8 Å². The topological polar surface area (TPSA) is 89.9 Å². The van der Waals surface area contributed by atoms with Crippen molar-refractivity contribution in [3.63, 3.8) is 0 Å². The van der Waals surface area contributed by atoms with Crippen LogP contribution in [0.5, 0.6) is 0 Å². The Morgan fingerprint density at radius 2 is 1.82 bits per heavy atom. The molecule has 0 aromatic rings. The number of hydrogen-bond donors (Lipinski definition) is 3. The lowest BCUT2D eigenvalue weighted by Crippen LogP contribution is -2.49. The minimum atomic E-state index is -1.04. The van der Waals surface area contributed by atoms with Gasteiger partial charge in [0.1, 0.15) is 6.04 Å². The van der Waals surface area contributed by atoms with Crippen LogP contribution in [0.2, 0.25) is 0 Å². The van der Waals surface area contributed by atoms with E-state index in [0.717, 1.165) is 0 Å². The van der Waals surface area contributed by atoms with Crippen molar-refractivity contribution in [3.8, 4) is 0 Å². The molecule has 0 fully saturated rings. The highest BCUT2D eigenvalue weighted by atomic mass is 16.4. The number of aliphatic hydroxyl groups excluding tert-OH is 1. The maximum Gasteiger partial charge on any atom is 0.326 e. The van der Waals surface area contributed by atoms with E-state index >= 15 is 0 Å². The van der Waals surface area contributed by atoms with Gasteiger partial charge in [0.25, 0.3) is 0 Å². The van der Waals surface area contributed by atoms with Crippen molar-refractivity contribution in [2.75, 3.05) is 13.6 Å². The quantitative estimate of drug-likeness (QED) is 0.637. The summed E-state index contributed by atoms with van der Waals surface area (Å²) >= 11 is 0. The van der Waals surface area contributed by atoms with Crippen molar-refractivity contribution in [1.82, 2.24) is 10.2 Å². The molecular weight excluding hydrogens is 224 g/mol. The normalized spacial score (nSPS) is 14.2. The average Bonchev–Trinajstić information content (AvgIpc) is 2.20. The van der Waals surface area contributed by atoms with Crippen molar-refractivity contribution in [3.05, 3.63) is 0 Å². The fourth-order valence-electron chi connectivity index (χ4n) is 1.24. The molecule has 100 valence electrons. The third kappa shape index (κ3) is 6.11. The molecule has 0 spiro atoms. The molecule has 0 saturated heterocycles. The number of urea groups is 1. The van der Waals surface area contributed by atoms with Crippen LogP contribution in [0.4, 0.5) is 4.79 Å². The Bertz CT molecular complexity index is 266. The number of aliphatic carboxylic acids is 1. The second-order valence-electron chi connectivity index (χ2n) is 4.57. The fourth-order valence-corrected chi connectivity index (χ4v) is 1.24. The van der Waals surface area contributed by atoms with Gasteiger partial charge in [0.2, 0.25) is 0 Å². The van der Waals surface area contributed by atoms with Gasteiger partial charge in [-0.25, -0.2) is 9.59 Å². The first-order valence-corrected chi connectivity index (χ1v) is 5.68. The van der Waals surface area contributed by atoms with Crippen LogP contribution in [0.15, 0.2) is 0 Å². The zero-order valence-electron chi connectivity index (χ0n) is 10.8. The summed E-state index contributed by atoms with van der Waals surface area (Å²) in [4.78, 5) is 23.9. The van der Waals surface area contributed by atoms with E-state index in [4.69, 9.17) is 10.2 Å². The summed E-state index contributed by atoms with van der Waals surface area (Å²) in [5.41, 5.74) is 0. The summed E-state index contributed by atoms with van der Waals surface area (Å²) in [5.74, 6) is -1.22. The van der Waals surface area contributed by atoms with Gasteiger partial charge >= 0.3 is 12.0 Å². The smallest absolute Gasteiger partial charge is 0.326 e. The van der Waals surface area contributed by atoms with Gasteiger partial charge in [-0.05, 0) is 19.3 Å². The van der Waals surface area contributed by atoms with E-state index in [0.29, 0.717) is 13.0 Å². The molecule has 3 N–H and O–H groups in total. The molecule has 0 heterocycles. The van der Waals surface area contributed by atoms with Crippen LogP contribution >= 0.6 is 0 Å². The molecule has 0 aromatic carbocycles. The van der Waals surface area contributed by atoms with Crippen molar-refractivity contribution >= 4 is 12.0 Å². The maximum absolute atomic E-state index is 11.6. The van der Waals surface area contributed by atoms with Crippen molar-refractivity contribution in [2.45, 2.75) is 39.3 Å².